The van der Waals surface area contributed by atoms with Crippen LogP contribution in [0.25, 0.3) is 10.1 Å². The average molecular weight is 469 g/mol. The monoisotopic (exact) mass is 468 g/mol. The number of hydrogen-bond acceptors (Lipinski definition) is 6. The number of aromatic hydroxyl groups is 1. The fourth-order valence-electron chi connectivity index (χ4n) is 2.99. The summed E-state index contributed by atoms with van der Waals surface area (Å²) in [6.07, 6.45) is 0. The SMILES string of the molecule is COc1cc(C2SCC(=O)N2NC(=O)c2sc3ccc(Cl)cc3c2Cl)ccc1O. The quantitative estimate of drug-likeness (QED) is 0.572. The first-order chi connectivity index (χ1) is 13.9. The lowest BCUT2D eigenvalue weighted by molar-refractivity contribution is -0.130. The summed E-state index contributed by atoms with van der Waals surface area (Å²) >= 11 is 15.0. The van der Waals surface area contributed by atoms with Crippen LogP contribution in [0.2, 0.25) is 10.0 Å². The third kappa shape index (κ3) is 3.73. The molecule has 2 aromatic carbocycles. The molecule has 1 saturated heterocycles. The smallest absolute Gasteiger partial charge is 0.281 e. The Hall–Kier alpha value is -2.13. The molecule has 1 fully saturated rings. The highest BCUT2D eigenvalue weighted by Gasteiger charge is 2.35. The van der Waals surface area contributed by atoms with Crippen LogP contribution in [0.1, 0.15) is 20.6 Å². The van der Waals surface area contributed by atoms with E-state index >= 15 is 0 Å². The first kappa shape index (κ1) is 20.2. The summed E-state index contributed by atoms with van der Waals surface area (Å²) < 4.78 is 5.97. The first-order valence-corrected chi connectivity index (χ1v) is 11.0. The van der Waals surface area contributed by atoms with Crippen molar-refractivity contribution in [2.24, 2.45) is 0 Å². The Morgan fingerprint density at radius 3 is 2.83 bits per heavy atom. The van der Waals surface area contributed by atoms with Crippen molar-refractivity contribution in [1.82, 2.24) is 10.4 Å². The van der Waals surface area contributed by atoms with Gasteiger partial charge in [-0.15, -0.1) is 23.1 Å². The number of carbonyl (C=O) groups is 2. The van der Waals surface area contributed by atoms with E-state index in [0.717, 1.165) is 4.70 Å². The van der Waals surface area contributed by atoms with Gasteiger partial charge in [-0.3, -0.25) is 15.0 Å². The van der Waals surface area contributed by atoms with E-state index in [-0.39, 0.29) is 23.2 Å². The predicted octanol–water partition coefficient (Wildman–Crippen LogP) is 4.84. The van der Waals surface area contributed by atoms with E-state index in [9.17, 15) is 14.7 Å². The number of benzene rings is 2. The van der Waals surface area contributed by atoms with Crippen molar-refractivity contribution in [2.75, 3.05) is 12.9 Å². The van der Waals surface area contributed by atoms with Gasteiger partial charge in [-0.1, -0.05) is 29.3 Å². The van der Waals surface area contributed by atoms with Crippen LogP contribution in [-0.4, -0.2) is 34.8 Å². The molecule has 0 aliphatic carbocycles. The van der Waals surface area contributed by atoms with Crippen molar-refractivity contribution in [3.63, 3.8) is 0 Å². The molecule has 2 heterocycles. The summed E-state index contributed by atoms with van der Waals surface area (Å²) in [4.78, 5) is 25.6. The van der Waals surface area contributed by atoms with Gasteiger partial charge in [-0.25, -0.2) is 5.01 Å². The Bertz CT molecular complexity index is 1130. The zero-order chi connectivity index (χ0) is 20.7. The van der Waals surface area contributed by atoms with E-state index in [1.54, 1.807) is 30.3 Å². The molecule has 0 spiro atoms. The third-order valence-corrected chi connectivity index (χ3v) is 7.50. The molecule has 1 aliphatic heterocycles. The van der Waals surface area contributed by atoms with E-state index in [2.05, 4.69) is 5.43 Å². The molecule has 4 rings (SSSR count). The fourth-order valence-corrected chi connectivity index (χ4v) is 5.63. The number of thioether (sulfide) groups is 1. The first-order valence-electron chi connectivity index (χ1n) is 8.38. The molecule has 2 amide bonds. The number of halogens is 2. The normalized spacial score (nSPS) is 16.4. The molecule has 10 heteroatoms. The molecule has 0 bridgehead atoms. The minimum atomic E-state index is -0.473. The van der Waals surface area contributed by atoms with E-state index in [0.29, 0.717) is 25.9 Å². The van der Waals surface area contributed by atoms with E-state index in [1.807, 2.05) is 0 Å². The van der Waals surface area contributed by atoms with Gasteiger partial charge in [-0.2, -0.15) is 0 Å². The van der Waals surface area contributed by atoms with Crippen molar-refractivity contribution in [2.45, 2.75) is 5.37 Å². The van der Waals surface area contributed by atoms with Crippen LogP contribution in [0.4, 0.5) is 0 Å². The van der Waals surface area contributed by atoms with Crippen LogP contribution >= 0.6 is 46.3 Å². The highest BCUT2D eigenvalue weighted by atomic mass is 35.5. The molecule has 6 nitrogen and oxygen atoms in total. The number of carbonyl (C=O) groups excluding carboxylic acids is 2. The number of hydrogen-bond donors (Lipinski definition) is 2. The minimum Gasteiger partial charge on any atom is -0.504 e. The molecule has 1 atom stereocenters. The third-order valence-electron chi connectivity index (χ3n) is 4.37. The molecule has 150 valence electrons. The van der Waals surface area contributed by atoms with Crippen molar-refractivity contribution in [1.29, 1.82) is 0 Å². The highest BCUT2D eigenvalue weighted by molar-refractivity contribution is 8.00. The van der Waals surface area contributed by atoms with Crippen LogP contribution in [0.15, 0.2) is 36.4 Å². The second kappa shape index (κ2) is 7.95. The molecule has 2 N–H and O–H groups in total. The molecule has 1 aliphatic rings. The van der Waals surface area contributed by atoms with Gasteiger partial charge < -0.3 is 9.84 Å². The van der Waals surface area contributed by atoms with Crippen LogP contribution in [0.3, 0.4) is 0 Å². The molecule has 29 heavy (non-hydrogen) atoms. The molecule has 1 unspecified atom stereocenters. The van der Waals surface area contributed by atoms with Crippen molar-refractivity contribution in [3.05, 3.63) is 56.9 Å². The van der Waals surface area contributed by atoms with E-state index in [4.69, 9.17) is 27.9 Å². The van der Waals surface area contributed by atoms with Crippen molar-refractivity contribution in [3.8, 4) is 11.5 Å². The molecule has 1 aromatic heterocycles. The van der Waals surface area contributed by atoms with Gasteiger partial charge in [0.2, 0.25) is 0 Å². The Balaban J connectivity index is 1.63. The summed E-state index contributed by atoms with van der Waals surface area (Å²) in [6.45, 7) is 0. The number of nitrogens with zero attached hydrogens (tertiary/aromatic N) is 1. The average Bonchev–Trinajstić information content (AvgIpc) is 3.23. The number of hydrazine groups is 1. The summed E-state index contributed by atoms with van der Waals surface area (Å²) in [7, 11) is 1.45. The topological polar surface area (TPSA) is 78.9 Å². The Labute approximate surface area is 184 Å². The number of amides is 2. The van der Waals surface area contributed by atoms with Gasteiger partial charge >= 0.3 is 0 Å². The maximum Gasteiger partial charge on any atom is 0.281 e. The summed E-state index contributed by atoms with van der Waals surface area (Å²) in [5, 5.41) is 12.1. The number of phenols is 1. The van der Waals surface area contributed by atoms with Crippen LogP contribution in [-0.2, 0) is 4.79 Å². The number of fused-ring (bicyclic) bond motifs is 1. The molecule has 0 saturated carbocycles. The van der Waals surface area contributed by atoms with Crippen molar-refractivity contribution < 1.29 is 19.4 Å². The lowest BCUT2D eigenvalue weighted by Crippen LogP contribution is -2.44. The van der Waals surface area contributed by atoms with Gasteiger partial charge in [-0.05, 0) is 35.9 Å². The largest absolute Gasteiger partial charge is 0.504 e. The number of rotatable bonds is 4. The number of ether oxygens (including phenoxy) is 1. The van der Waals surface area contributed by atoms with Crippen molar-refractivity contribution >= 4 is 68.2 Å². The van der Waals surface area contributed by atoms with Gasteiger partial charge in [0.25, 0.3) is 11.8 Å². The molecular weight excluding hydrogens is 455 g/mol. The number of thiophene rings is 1. The summed E-state index contributed by atoms with van der Waals surface area (Å²) in [6, 6.07) is 10.0. The maximum absolute atomic E-state index is 12.9. The Morgan fingerprint density at radius 2 is 2.07 bits per heavy atom. The number of methoxy groups -OCH3 is 1. The van der Waals surface area contributed by atoms with Gasteiger partial charge in [0.05, 0.1) is 17.9 Å². The highest BCUT2D eigenvalue weighted by Crippen LogP contribution is 2.41. The van der Waals surface area contributed by atoms with E-state index in [1.165, 1.54) is 41.3 Å². The molecule has 0 radical (unpaired) electrons. The lowest BCUT2D eigenvalue weighted by Gasteiger charge is -2.24. The Kier molecular flexibility index (Phi) is 5.52. The summed E-state index contributed by atoms with van der Waals surface area (Å²) in [5.74, 6) is -0.209. The zero-order valence-corrected chi connectivity index (χ0v) is 18.1. The maximum atomic E-state index is 12.9. The van der Waals surface area contributed by atoms with Gasteiger partial charge in [0.1, 0.15) is 10.3 Å². The number of nitrogens with one attached hydrogen (secondary N) is 1. The van der Waals surface area contributed by atoms with Crippen LogP contribution in [0.5, 0.6) is 11.5 Å². The lowest BCUT2D eigenvalue weighted by atomic mass is 10.2. The van der Waals surface area contributed by atoms with Gasteiger partial charge in [0.15, 0.2) is 11.5 Å². The fraction of sp³-hybridized carbons (Fsp3) is 0.158. The molecular formula is C19H14Cl2N2O4S2. The standard InChI is InChI=1S/C19H14Cl2N2O4S2/c1-27-13-6-9(2-4-12(13)24)19-23(15(25)8-28-19)22-18(26)17-16(21)11-7-10(20)3-5-14(11)29-17/h2-7,19,24H,8H2,1H3,(H,22,26). The number of phenolic OH excluding ortho intramolecular Hbond substituents is 1. The van der Waals surface area contributed by atoms with Gasteiger partial charge in [0, 0.05) is 15.1 Å². The predicted molar refractivity (Wildman–Crippen MR) is 116 cm³/mol. The second-order valence-electron chi connectivity index (χ2n) is 6.18. The van der Waals surface area contributed by atoms with Crippen LogP contribution < -0.4 is 10.2 Å². The van der Waals surface area contributed by atoms with Crippen LogP contribution in [0, 0.1) is 0 Å². The second-order valence-corrected chi connectivity index (χ2v) is 9.12. The minimum absolute atomic E-state index is 0.00289. The molecule has 3 aromatic rings. The Morgan fingerprint density at radius 1 is 1.28 bits per heavy atom. The zero-order valence-electron chi connectivity index (χ0n) is 14.9. The summed E-state index contributed by atoms with van der Waals surface area (Å²) in [5.41, 5.74) is 3.39. The van der Waals surface area contributed by atoms with E-state index < -0.39 is 11.3 Å².